The molecule has 0 aliphatic rings. The van der Waals surface area contributed by atoms with Crippen LogP contribution in [0.25, 0.3) is 11.3 Å². The molecule has 0 saturated carbocycles. The quantitative estimate of drug-likeness (QED) is 0.492. The summed E-state index contributed by atoms with van der Waals surface area (Å²) in [5.41, 5.74) is 4.93. The van der Waals surface area contributed by atoms with E-state index in [2.05, 4.69) is 72.6 Å². The van der Waals surface area contributed by atoms with Crippen LogP contribution in [0, 0.1) is 0 Å². The zero-order valence-electron chi connectivity index (χ0n) is 14.7. The van der Waals surface area contributed by atoms with Crippen LogP contribution >= 0.6 is 0 Å². The summed E-state index contributed by atoms with van der Waals surface area (Å²) in [6.45, 7) is 2.22. The lowest BCUT2D eigenvalue weighted by Gasteiger charge is -2.30. The van der Waals surface area contributed by atoms with Crippen molar-refractivity contribution in [2.45, 2.75) is 12.3 Å². The molecule has 2 nitrogen and oxygen atoms in total. The van der Waals surface area contributed by atoms with Crippen LogP contribution in [0.1, 0.15) is 23.7 Å². The van der Waals surface area contributed by atoms with Crippen LogP contribution in [0.15, 0.2) is 103 Å². The van der Waals surface area contributed by atoms with Crippen LogP contribution < -0.4 is 0 Å². The van der Waals surface area contributed by atoms with E-state index < -0.39 is 0 Å². The summed E-state index contributed by atoms with van der Waals surface area (Å²) in [4.78, 5) is 9.52. The number of hydrogen-bond acceptors (Lipinski definition) is 2. The molecule has 126 valence electrons. The van der Waals surface area contributed by atoms with Gasteiger partial charge in [0.05, 0.1) is 23.0 Å². The monoisotopic (exact) mass is 336 g/mol. The van der Waals surface area contributed by atoms with Gasteiger partial charge in [0.15, 0.2) is 0 Å². The van der Waals surface area contributed by atoms with Crippen LogP contribution in [-0.2, 0) is 5.41 Å². The summed E-state index contributed by atoms with van der Waals surface area (Å²) in [5, 5.41) is 0. The maximum atomic E-state index is 5.01. The van der Waals surface area contributed by atoms with E-state index in [9.17, 15) is 0 Å². The molecule has 2 heteroatoms. The lowest BCUT2D eigenvalue weighted by Crippen LogP contribution is -2.27. The molecule has 0 N–H and O–H groups in total. The van der Waals surface area contributed by atoms with E-state index in [0.29, 0.717) is 0 Å². The fraction of sp³-hybridized carbons (Fsp3) is 0.0833. The Balaban J connectivity index is 1.91. The summed E-state index contributed by atoms with van der Waals surface area (Å²) in [6, 6.07) is 31.2. The fourth-order valence-corrected chi connectivity index (χ4v) is 3.36. The van der Waals surface area contributed by atoms with Crippen LogP contribution in [-0.4, -0.2) is 9.97 Å². The highest BCUT2D eigenvalue weighted by atomic mass is 14.8. The van der Waals surface area contributed by atoms with Crippen molar-refractivity contribution >= 4 is 0 Å². The molecule has 0 spiro atoms. The molecular formula is C24H20N2. The zero-order valence-corrected chi connectivity index (χ0v) is 14.7. The number of rotatable bonds is 4. The van der Waals surface area contributed by atoms with Gasteiger partial charge in [-0.1, -0.05) is 91.0 Å². The van der Waals surface area contributed by atoms with Crippen molar-refractivity contribution in [1.29, 1.82) is 0 Å². The molecule has 1 heterocycles. The van der Waals surface area contributed by atoms with Crippen molar-refractivity contribution in [3.63, 3.8) is 0 Å². The Morgan fingerprint density at radius 3 is 1.65 bits per heavy atom. The second kappa shape index (κ2) is 6.93. The Morgan fingerprint density at radius 1 is 0.615 bits per heavy atom. The highest BCUT2D eigenvalue weighted by Gasteiger charge is 2.33. The smallest absolute Gasteiger partial charge is 0.0889 e. The molecule has 0 unspecified atom stereocenters. The van der Waals surface area contributed by atoms with E-state index in [4.69, 9.17) is 4.98 Å². The Morgan fingerprint density at radius 2 is 1.12 bits per heavy atom. The average Bonchev–Trinajstić information content (AvgIpc) is 2.75. The molecule has 0 aliphatic heterocycles. The maximum Gasteiger partial charge on any atom is 0.0889 e. The molecule has 4 rings (SSSR count). The first-order valence-corrected chi connectivity index (χ1v) is 8.77. The molecule has 4 aromatic rings. The molecule has 0 saturated heterocycles. The molecule has 3 aromatic carbocycles. The third-order valence-electron chi connectivity index (χ3n) is 4.92. The molecule has 0 aliphatic carbocycles. The van der Waals surface area contributed by atoms with Crippen LogP contribution in [0.3, 0.4) is 0 Å². The van der Waals surface area contributed by atoms with Crippen molar-refractivity contribution in [3.8, 4) is 11.3 Å². The summed E-state index contributed by atoms with van der Waals surface area (Å²) >= 11 is 0. The molecule has 0 atom stereocenters. The summed E-state index contributed by atoms with van der Waals surface area (Å²) in [7, 11) is 0. The third kappa shape index (κ3) is 2.91. The fourth-order valence-electron chi connectivity index (χ4n) is 3.36. The predicted molar refractivity (Wildman–Crippen MR) is 106 cm³/mol. The van der Waals surface area contributed by atoms with Gasteiger partial charge in [-0.3, -0.25) is 4.98 Å². The van der Waals surface area contributed by atoms with E-state index >= 15 is 0 Å². The Hall–Kier alpha value is -3.26. The van der Waals surface area contributed by atoms with Gasteiger partial charge in [-0.25, -0.2) is 4.98 Å². The minimum Gasteiger partial charge on any atom is -0.261 e. The van der Waals surface area contributed by atoms with Crippen LogP contribution in [0.2, 0.25) is 0 Å². The van der Waals surface area contributed by atoms with Crippen LogP contribution in [0.5, 0.6) is 0 Å². The molecular weight excluding hydrogens is 316 g/mol. The van der Waals surface area contributed by atoms with E-state index in [1.165, 1.54) is 11.1 Å². The van der Waals surface area contributed by atoms with Crippen molar-refractivity contribution in [2.24, 2.45) is 0 Å². The standard InChI is InChI=1S/C24H20N2/c1-24(20-13-7-3-8-14-20,21-15-9-4-10-16-21)23-18-25-17-22(26-23)19-11-5-2-6-12-19/h2-18H,1H3. The van der Waals surface area contributed by atoms with Gasteiger partial charge in [-0.05, 0) is 18.1 Å². The van der Waals surface area contributed by atoms with E-state index in [1.807, 2.05) is 42.7 Å². The number of hydrogen-bond donors (Lipinski definition) is 0. The van der Waals surface area contributed by atoms with Crippen molar-refractivity contribution in [2.75, 3.05) is 0 Å². The molecule has 0 fully saturated rings. The zero-order chi connectivity index (χ0) is 17.8. The number of benzene rings is 3. The number of nitrogens with zero attached hydrogens (tertiary/aromatic N) is 2. The highest BCUT2D eigenvalue weighted by molar-refractivity contribution is 5.59. The summed E-state index contributed by atoms with van der Waals surface area (Å²) in [6.07, 6.45) is 3.71. The largest absolute Gasteiger partial charge is 0.261 e. The first kappa shape index (κ1) is 16.2. The second-order valence-corrected chi connectivity index (χ2v) is 6.51. The normalized spacial score (nSPS) is 11.3. The topological polar surface area (TPSA) is 25.8 Å². The molecule has 0 bridgehead atoms. The SMILES string of the molecule is CC(c1ccccc1)(c1ccccc1)c1cncc(-c2ccccc2)n1. The van der Waals surface area contributed by atoms with Gasteiger partial charge in [0, 0.05) is 11.8 Å². The maximum absolute atomic E-state index is 5.01. The Bertz CT molecular complexity index is 941. The van der Waals surface area contributed by atoms with E-state index in [-0.39, 0.29) is 5.41 Å². The molecule has 0 amide bonds. The highest BCUT2D eigenvalue weighted by Crippen LogP contribution is 2.37. The lowest BCUT2D eigenvalue weighted by atomic mass is 9.74. The van der Waals surface area contributed by atoms with Crippen molar-refractivity contribution < 1.29 is 0 Å². The first-order chi connectivity index (χ1) is 12.8. The Labute approximate surface area is 154 Å². The minimum absolute atomic E-state index is 0.375. The van der Waals surface area contributed by atoms with Gasteiger partial charge in [-0.15, -0.1) is 0 Å². The van der Waals surface area contributed by atoms with Crippen LogP contribution in [0.4, 0.5) is 0 Å². The van der Waals surface area contributed by atoms with Gasteiger partial charge in [0.2, 0.25) is 0 Å². The minimum atomic E-state index is -0.375. The first-order valence-electron chi connectivity index (χ1n) is 8.77. The average molecular weight is 336 g/mol. The Kier molecular flexibility index (Phi) is 4.32. The summed E-state index contributed by atoms with van der Waals surface area (Å²) < 4.78 is 0. The third-order valence-corrected chi connectivity index (χ3v) is 4.92. The van der Waals surface area contributed by atoms with Gasteiger partial charge in [0.25, 0.3) is 0 Å². The predicted octanol–water partition coefficient (Wildman–Crippen LogP) is 5.50. The van der Waals surface area contributed by atoms with Gasteiger partial charge >= 0.3 is 0 Å². The molecule has 26 heavy (non-hydrogen) atoms. The lowest BCUT2D eigenvalue weighted by molar-refractivity contribution is 0.661. The second-order valence-electron chi connectivity index (χ2n) is 6.51. The molecule has 0 radical (unpaired) electrons. The summed E-state index contributed by atoms with van der Waals surface area (Å²) in [5.74, 6) is 0. The van der Waals surface area contributed by atoms with E-state index in [0.717, 1.165) is 17.0 Å². The van der Waals surface area contributed by atoms with Crippen molar-refractivity contribution in [3.05, 3.63) is 120 Å². The van der Waals surface area contributed by atoms with Crippen molar-refractivity contribution in [1.82, 2.24) is 9.97 Å². The van der Waals surface area contributed by atoms with Gasteiger partial charge in [0.1, 0.15) is 0 Å². The number of aromatic nitrogens is 2. The van der Waals surface area contributed by atoms with Gasteiger partial charge in [-0.2, -0.15) is 0 Å². The van der Waals surface area contributed by atoms with E-state index in [1.54, 1.807) is 0 Å². The van der Waals surface area contributed by atoms with Gasteiger partial charge < -0.3 is 0 Å². The molecule has 1 aromatic heterocycles.